The molecule has 1 aromatic carbocycles. The third kappa shape index (κ3) is 3.08. The van der Waals surface area contributed by atoms with E-state index < -0.39 is 11.6 Å². The molecule has 7 heteroatoms. The molecule has 0 bridgehead atoms. The molecule has 0 atom stereocenters. The molecule has 2 amide bonds. The number of hydrogen-bond donors (Lipinski definition) is 1. The van der Waals surface area contributed by atoms with Crippen molar-refractivity contribution < 1.29 is 18.4 Å². The van der Waals surface area contributed by atoms with Crippen molar-refractivity contribution in [1.82, 2.24) is 14.8 Å². The topological polar surface area (TPSA) is 56.4 Å². The van der Waals surface area contributed by atoms with Crippen molar-refractivity contribution in [2.24, 2.45) is 0 Å². The van der Waals surface area contributed by atoms with Crippen LogP contribution >= 0.6 is 0 Å². The first-order valence-corrected chi connectivity index (χ1v) is 7.22. The lowest BCUT2D eigenvalue weighted by molar-refractivity contribution is 0.0535. The summed E-state index contributed by atoms with van der Waals surface area (Å²) in [6, 6.07) is 4.79. The van der Waals surface area contributed by atoms with Gasteiger partial charge in [-0.1, -0.05) is 0 Å². The predicted octanol–water partition coefficient (Wildman–Crippen LogP) is 1.89. The lowest BCUT2D eigenvalue weighted by Gasteiger charge is -2.34. The second-order valence-corrected chi connectivity index (χ2v) is 5.31. The van der Waals surface area contributed by atoms with E-state index in [1.807, 2.05) is 0 Å². The number of aromatic amines is 1. The van der Waals surface area contributed by atoms with Crippen LogP contribution in [0.5, 0.6) is 0 Å². The number of halogens is 2. The van der Waals surface area contributed by atoms with Crippen LogP contribution in [-0.2, 0) is 0 Å². The molecule has 0 aliphatic carbocycles. The number of amides is 2. The summed E-state index contributed by atoms with van der Waals surface area (Å²) >= 11 is 0. The zero-order valence-corrected chi connectivity index (χ0v) is 12.3. The number of rotatable bonds is 2. The normalized spacial score (nSPS) is 14.9. The Kier molecular flexibility index (Phi) is 4.10. The van der Waals surface area contributed by atoms with Gasteiger partial charge in [0.15, 0.2) is 11.6 Å². The average Bonchev–Trinajstić information content (AvgIpc) is 3.11. The van der Waals surface area contributed by atoms with Gasteiger partial charge in [0, 0.05) is 44.1 Å². The summed E-state index contributed by atoms with van der Waals surface area (Å²) in [6.07, 6.45) is 3.30. The Morgan fingerprint density at radius 1 is 0.870 bits per heavy atom. The summed E-state index contributed by atoms with van der Waals surface area (Å²) in [4.78, 5) is 30.5. The molecule has 1 aliphatic rings. The van der Waals surface area contributed by atoms with E-state index in [2.05, 4.69) is 4.98 Å². The van der Waals surface area contributed by atoms with Gasteiger partial charge in [0.1, 0.15) is 0 Å². The Bertz CT molecular complexity index is 723. The predicted molar refractivity (Wildman–Crippen MR) is 79.0 cm³/mol. The Labute approximate surface area is 131 Å². The molecule has 0 spiro atoms. The van der Waals surface area contributed by atoms with Crippen LogP contribution in [0.4, 0.5) is 8.78 Å². The van der Waals surface area contributed by atoms with Gasteiger partial charge >= 0.3 is 0 Å². The number of aromatic nitrogens is 1. The number of hydrogen-bond acceptors (Lipinski definition) is 2. The lowest BCUT2D eigenvalue weighted by atomic mass is 10.1. The van der Waals surface area contributed by atoms with Gasteiger partial charge in [-0.25, -0.2) is 8.78 Å². The van der Waals surface area contributed by atoms with Crippen molar-refractivity contribution in [1.29, 1.82) is 0 Å². The van der Waals surface area contributed by atoms with E-state index in [0.29, 0.717) is 31.7 Å². The van der Waals surface area contributed by atoms with E-state index in [0.717, 1.165) is 12.1 Å². The van der Waals surface area contributed by atoms with Crippen molar-refractivity contribution in [3.05, 3.63) is 59.4 Å². The molecule has 1 saturated heterocycles. The van der Waals surface area contributed by atoms with Gasteiger partial charge in [0.25, 0.3) is 11.8 Å². The van der Waals surface area contributed by atoms with Crippen LogP contribution in [0.15, 0.2) is 36.7 Å². The molecule has 1 N–H and O–H groups in total. The average molecular weight is 319 g/mol. The summed E-state index contributed by atoms with van der Waals surface area (Å²) < 4.78 is 26.2. The highest BCUT2D eigenvalue weighted by Crippen LogP contribution is 2.14. The summed E-state index contributed by atoms with van der Waals surface area (Å²) in [5, 5.41) is 0. The van der Waals surface area contributed by atoms with Gasteiger partial charge in [-0.3, -0.25) is 9.59 Å². The minimum atomic E-state index is -1.04. The van der Waals surface area contributed by atoms with E-state index in [1.54, 1.807) is 23.4 Å². The van der Waals surface area contributed by atoms with Gasteiger partial charge in [0.2, 0.25) is 0 Å². The Morgan fingerprint density at radius 2 is 1.48 bits per heavy atom. The van der Waals surface area contributed by atoms with Crippen molar-refractivity contribution in [3.63, 3.8) is 0 Å². The Balaban J connectivity index is 1.63. The molecule has 3 rings (SSSR count). The summed E-state index contributed by atoms with van der Waals surface area (Å²) in [5.74, 6) is -2.48. The number of H-pyrrole nitrogens is 1. The minimum absolute atomic E-state index is 0.0915. The second kappa shape index (κ2) is 6.20. The van der Waals surface area contributed by atoms with Gasteiger partial charge in [-0.2, -0.15) is 0 Å². The number of nitrogens with one attached hydrogen (secondary N) is 1. The largest absolute Gasteiger partial charge is 0.367 e. The van der Waals surface area contributed by atoms with Gasteiger partial charge in [-0.15, -0.1) is 0 Å². The molecule has 0 unspecified atom stereocenters. The maximum atomic E-state index is 13.2. The van der Waals surface area contributed by atoms with Gasteiger partial charge < -0.3 is 14.8 Å². The molecule has 0 saturated carbocycles. The minimum Gasteiger partial charge on any atom is -0.367 e. The van der Waals surface area contributed by atoms with Gasteiger partial charge in [0.05, 0.1) is 5.56 Å². The smallest absolute Gasteiger partial charge is 0.255 e. The van der Waals surface area contributed by atoms with Crippen molar-refractivity contribution in [3.8, 4) is 0 Å². The molecule has 23 heavy (non-hydrogen) atoms. The second-order valence-electron chi connectivity index (χ2n) is 5.31. The monoisotopic (exact) mass is 319 g/mol. The van der Waals surface area contributed by atoms with E-state index in [9.17, 15) is 18.4 Å². The fraction of sp³-hybridized carbons (Fsp3) is 0.250. The highest BCUT2D eigenvalue weighted by Gasteiger charge is 2.26. The number of benzene rings is 1. The zero-order chi connectivity index (χ0) is 16.4. The Hall–Kier alpha value is -2.70. The molecule has 0 radical (unpaired) electrons. The maximum absolute atomic E-state index is 13.2. The first-order valence-electron chi connectivity index (χ1n) is 7.22. The standard InChI is InChI=1S/C16H15F2N3O2/c17-13-2-1-11(9-14(13)18)15(22)20-5-7-21(8-6-20)16(23)12-3-4-19-10-12/h1-4,9-10,19H,5-8H2. The van der Waals surface area contributed by atoms with Crippen LogP contribution in [0.25, 0.3) is 0 Å². The number of piperazine rings is 1. The van der Waals surface area contributed by atoms with E-state index >= 15 is 0 Å². The number of nitrogens with zero attached hydrogens (tertiary/aromatic N) is 2. The third-order valence-electron chi connectivity index (χ3n) is 3.87. The molecular weight excluding hydrogens is 304 g/mol. The zero-order valence-electron chi connectivity index (χ0n) is 12.3. The highest BCUT2D eigenvalue weighted by molar-refractivity contribution is 5.95. The molecule has 1 aliphatic heterocycles. The quantitative estimate of drug-likeness (QED) is 0.919. The molecule has 120 valence electrons. The summed E-state index contributed by atoms with van der Waals surface area (Å²) in [5.41, 5.74) is 0.680. The summed E-state index contributed by atoms with van der Waals surface area (Å²) in [6.45, 7) is 1.51. The SMILES string of the molecule is O=C(c1cc[nH]c1)N1CCN(C(=O)c2ccc(F)c(F)c2)CC1. The van der Waals surface area contributed by atoms with Crippen LogP contribution in [0, 0.1) is 11.6 Å². The fourth-order valence-corrected chi connectivity index (χ4v) is 2.56. The molecule has 2 aromatic rings. The van der Waals surface area contributed by atoms with Crippen LogP contribution in [0.2, 0.25) is 0 Å². The maximum Gasteiger partial charge on any atom is 0.255 e. The van der Waals surface area contributed by atoms with Crippen LogP contribution in [0.1, 0.15) is 20.7 Å². The highest BCUT2D eigenvalue weighted by atomic mass is 19.2. The van der Waals surface area contributed by atoms with Crippen molar-refractivity contribution in [2.75, 3.05) is 26.2 Å². The van der Waals surface area contributed by atoms with Gasteiger partial charge in [-0.05, 0) is 24.3 Å². The lowest BCUT2D eigenvalue weighted by Crippen LogP contribution is -2.50. The molecule has 1 fully saturated rings. The first-order chi connectivity index (χ1) is 11.1. The number of carbonyl (C=O) groups is 2. The molecule has 5 nitrogen and oxygen atoms in total. The van der Waals surface area contributed by atoms with E-state index in [1.165, 1.54) is 11.0 Å². The fourth-order valence-electron chi connectivity index (χ4n) is 2.56. The Morgan fingerprint density at radius 3 is 2.00 bits per heavy atom. The van der Waals surface area contributed by atoms with E-state index in [4.69, 9.17) is 0 Å². The van der Waals surface area contributed by atoms with Crippen molar-refractivity contribution in [2.45, 2.75) is 0 Å². The molecule has 2 heterocycles. The van der Waals surface area contributed by atoms with Crippen LogP contribution in [0.3, 0.4) is 0 Å². The number of carbonyl (C=O) groups excluding carboxylic acids is 2. The first kappa shape index (κ1) is 15.2. The third-order valence-corrected chi connectivity index (χ3v) is 3.87. The van der Waals surface area contributed by atoms with Crippen LogP contribution < -0.4 is 0 Å². The summed E-state index contributed by atoms with van der Waals surface area (Å²) in [7, 11) is 0. The van der Waals surface area contributed by atoms with Crippen molar-refractivity contribution >= 4 is 11.8 Å². The van der Waals surface area contributed by atoms with E-state index in [-0.39, 0.29) is 17.4 Å². The molecular formula is C16H15F2N3O2. The van der Waals surface area contributed by atoms with Crippen LogP contribution in [-0.4, -0.2) is 52.8 Å². The molecule has 1 aromatic heterocycles.